The summed E-state index contributed by atoms with van der Waals surface area (Å²) < 4.78 is 5.88. The Morgan fingerprint density at radius 2 is 2.29 bits per heavy atom. The second-order valence-electron chi connectivity index (χ2n) is 7.37. The minimum Gasteiger partial charge on any atom is -0.465 e. The molecule has 2 saturated carbocycles. The fourth-order valence-electron chi connectivity index (χ4n) is 4.95. The zero-order chi connectivity index (χ0) is 15.4. The number of carbonyl (C=O) groups excluding carboxylic acids is 1. The Labute approximate surface area is 131 Å². The molecule has 1 N–H and O–H groups in total. The van der Waals surface area contributed by atoms with Crippen molar-refractivity contribution in [3.8, 4) is 0 Å². The van der Waals surface area contributed by atoms with E-state index < -0.39 is 6.10 Å². The molecule has 1 heterocycles. The van der Waals surface area contributed by atoms with Gasteiger partial charge >= 0.3 is 0 Å². The van der Waals surface area contributed by atoms with Crippen LogP contribution in [0.2, 0.25) is 0 Å². The molecule has 0 radical (unpaired) electrons. The fraction of sp³-hybridized carbons (Fsp3) is 0.875. The lowest BCUT2D eigenvalue weighted by Gasteiger charge is -2.42. The van der Waals surface area contributed by atoms with Crippen molar-refractivity contribution in [2.24, 2.45) is 11.3 Å². The van der Waals surface area contributed by atoms with Gasteiger partial charge in [0.1, 0.15) is 6.10 Å². The Balaban J connectivity index is 1.87. The van der Waals surface area contributed by atoms with Crippen LogP contribution < -0.4 is 0 Å². The minimum atomic E-state index is -0.581. The maximum absolute atomic E-state index is 12.8. The number of thiocarbonyl (C=S) groups is 1. The lowest BCUT2D eigenvalue weighted by Crippen LogP contribution is -2.57. The predicted octanol–water partition coefficient (Wildman–Crippen LogP) is 2.63. The van der Waals surface area contributed by atoms with E-state index in [1.807, 2.05) is 6.92 Å². The van der Waals surface area contributed by atoms with Crippen LogP contribution in [-0.2, 0) is 9.53 Å². The average Bonchev–Trinajstić information content (AvgIpc) is 2.89. The van der Waals surface area contributed by atoms with Gasteiger partial charge in [0.2, 0.25) is 5.91 Å². The van der Waals surface area contributed by atoms with Crippen LogP contribution in [0, 0.1) is 11.3 Å². The lowest BCUT2D eigenvalue weighted by atomic mass is 9.74. The van der Waals surface area contributed by atoms with Crippen LogP contribution in [-0.4, -0.2) is 38.8 Å². The molecule has 21 heavy (non-hydrogen) atoms. The summed E-state index contributed by atoms with van der Waals surface area (Å²) in [5.74, 6) is 0.528. The van der Waals surface area contributed by atoms with Gasteiger partial charge in [0.15, 0.2) is 0 Å². The number of fused-ring (bicyclic) bond motifs is 1. The summed E-state index contributed by atoms with van der Waals surface area (Å²) in [6, 6.07) is 0. The molecule has 1 amide bonds. The largest absolute Gasteiger partial charge is 0.465 e. The number of aliphatic hydroxyl groups excluding tert-OH is 1. The molecule has 3 rings (SSSR count). The minimum absolute atomic E-state index is 0.0313. The lowest BCUT2D eigenvalue weighted by molar-refractivity contribution is -0.135. The zero-order valence-electron chi connectivity index (χ0n) is 13.1. The van der Waals surface area contributed by atoms with E-state index >= 15 is 0 Å². The van der Waals surface area contributed by atoms with Crippen molar-refractivity contribution >= 4 is 23.3 Å². The van der Waals surface area contributed by atoms with Gasteiger partial charge in [-0.2, -0.15) is 0 Å². The molecule has 0 aromatic rings. The zero-order valence-corrected chi connectivity index (χ0v) is 13.9. The van der Waals surface area contributed by atoms with Crippen molar-refractivity contribution in [3.63, 3.8) is 0 Å². The highest BCUT2D eigenvalue weighted by Crippen LogP contribution is 2.65. The monoisotopic (exact) mass is 311 g/mol. The van der Waals surface area contributed by atoms with Gasteiger partial charge in [-0.15, -0.1) is 0 Å². The number of nitrogens with zero attached hydrogens (tertiary/aromatic N) is 1. The standard InChI is InChI=1S/C16H25NO3S/c1-4-5-11(18)9-13(19)17-14(21)20-12-8-10-6-7-16(12,17)15(10,2)3/h10-12,18H,4-9H2,1-3H3/t10-,11+,12-,16+/m1/s1. The summed E-state index contributed by atoms with van der Waals surface area (Å²) in [5.41, 5.74) is -0.249. The van der Waals surface area contributed by atoms with Gasteiger partial charge in [0.25, 0.3) is 5.17 Å². The Hall–Kier alpha value is -0.680. The highest BCUT2D eigenvalue weighted by molar-refractivity contribution is 7.80. The van der Waals surface area contributed by atoms with Crippen molar-refractivity contribution in [1.29, 1.82) is 0 Å². The highest BCUT2D eigenvalue weighted by atomic mass is 32.1. The number of amides is 1. The van der Waals surface area contributed by atoms with Crippen LogP contribution in [0.15, 0.2) is 0 Å². The SMILES string of the molecule is CCC[C@H](O)CC(=O)N1C(=S)O[C@@H]2C[C@H]3CC[C@@]21C3(C)C. The van der Waals surface area contributed by atoms with Crippen LogP contribution in [0.1, 0.15) is 59.3 Å². The van der Waals surface area contributed by atoms with Crippen molar-refractivity contribution in [2.75, 3.05) is 0 Å². The quantitative estimate of drug-likeness (QED) is 0.811. The first-order valence-corrected chi connectivity index (χ1v) is 8.47. The van der Waals surface area contributed by atoms with Crippen molar-refractivity contribution in [2.45, 2.75) is 77.0 Å². The summed E-state index contributed by atoms with van der Waals surface area (Å²) in [5, 5.41) is 10.3. The number of rotatable bonds is 4. The van der Waals surface area contributed by atoms with Crippen LogP contribution >= 0.6 is 12.2 Å². The molecule has 0 aromatic heterocycles. The molecule has 4 nitrogen and oxygen atoms in total. The molecular weight excluding hydrogens is 286 g/mol. The third-order valence-electron chi connectivity index (χ3n) is 6.15. The van der Waals surface area contributed by atoms with Crippen molar-refractivity contribution in [1.82, 2.24) is 4.90 Å². The normalized spacial score (nSPS) is 37.5. The number of carbonyl (C=O) groups is 1. The molecule has 0 unspecified atom stereocenters. The van der Waals surface area contributed by atoms with E-state index in [1.165, 1.54) is 0 Å². The second-order valence-corrected chi connectivity index (χ2v) is 7.71. The van der Waals surface area contributed by atoms with E-state index in [2.05, 4.69) is 13.8 Å². The highest BCUT2D eigenvalue weighted by Gasteiger charge is 2.72. The average molecular weight is 311 g/mol. The summed E-state index contributed by atoms with van der Waals surface area (Å²) in [6.45, 7) is 6.49. The van der Waals surface area contributed by atoms with Crippen molar-refractivity contribution < 1.29 is 14.6 Å². The van der Waals surface area contributed by atoms with Gasteiger partial charge in [-0.25, -0.2) is 0 Å². The molecule has 2 bridgehead atoms. The molecule has 0 aromatic carbocycles. The maximum Gasteiger partial charge on any atom is 0.267 e. The summed E-state index contributed by atoms with van der Waals surface area (Å²) in [7, 11) is 0. The number of hydrogen-bond acceptors (Lipinski definition) is 4. The van der Waals surface area contributed by atoms with Crippen LogP contribution in [0.3, 0.4) is 0 Å². The van der Waals surface area contributed by atoms with E-state index in [4.69, 9.17) is 17.0 Å². The molecule has 3 fully saturated rings. The second kappa shape index (κ2) is 4.92. The topological polar surface area (TPSA) is 49.8 Å². The Morgan fingerprint density at radius 3 is 2.90 bits per heavy atom. The molecule has 4 atom stereocenters. The fourth-order valence-corrected chi connectivity index (χ4v) is 5.33. The number of aliphatic hydroxyl groups is 1. The molecule has 1 saturated heterocycles. The van der Waals surface area contributed by atoms with E-state index in [-0.39, 0.29) is 29.4 Å². The van der Waals surface area contributed by atoms with E-state index in [9.17, 15) is 9.90 Å². The first kappa shape index (κ1) is 15.2. The maximum atomic E-state index is 12.8. The Kier molecular flexibility index (Phi) is 3.56. The van der Waals surface area contributed by atoms with Gasteiger partial charge in [-0.05, 0) is 49.2 Å². The molecule has 5 heteroatoms. The summed E-state index contributed by atoms with van der Waals surface area (Å²) in [4.78, 5) is 14.5. The smallest absolute Gasteiger partial charge is 0.267 e. The first-order valence-electron chi connectivity index (χ1n) is 8.06. The summed E-state index contributed by atoms with van der Waals surface area (Å²) in [6.07, 6.45) is 4.23. The predicted molar refractivity (Wildman–Crippen MR) is 83.7 cm³/mol. The molecule has 1 spiro atoms. The molecular formula is C16H25NO3S. The van der Waals surface area contributed by atoms with Crippen LogP contribution in [0.5, 0.6) is 0 Å². The van der Waals surface area contributed by atoms with E-state index in [0.717, 1.165) is 25.7 Å². The molecule has 118 valence electrons. The van der Waals surface area contributed by atoms with Gasteiger partial charge in [-0.1, -0.05) is 27.2 Å². The molecule has 3 aliphatic rings. The van der Waals surface area contributed by atoms with Gasteiger partial charge in [-0.3, -0.25) is 9.69 Å². The Bertz CT molecular complexity index is 478. The third kappa shape index (κ3) is 1.89. The van der Waals surface area contributed by atoms with Crippen LogP contribution in [0.4, 0.5) is 0 Å². The van der Waals surface area contributed by atoms with E-state index in [1.54, 1.807) is 4.90 Å². The Morgan fingerprint density at radius 1 is 1.57 bits per heavy atom. The summed E-state index contributed by atoms with van der Waals surface area (Å²) >= 11 is 5.35. The van der Waals surface area contributed by atoms with Crippen molar-refractivity contribution in [3.05, 3.63) is 0 Å². The van der Waals surface area contributed by atoms with E-state index in [0.29, 0.717) is 17.5 Å². The van der Waals surface area contributed by atoms with Gasteiger partial charge in [0, 0.05) is 0 Å². The number of hydrogen-bond donors (Lipinski definition) is 1. The van der Waals surface area contributed by atoms with Gasteiger partial charge < -0.3 is 9.84 Å². The van der Waals surface area contributed by atoms with Gasteiger partial charge in [0.05, 0.1) is 18.1 Å². The molecule has 1 aliphatic heterocycles. The molecule has 2 aliphatic carbocycles. The van der Waals surface area contributed by atoms with Crippen LogP contribution in [0.25, 0.3) is 0 Å². The third-order valence-corrected chi connectivity index (χ3v) is 6.43. The first-order chi connectivity index (χ1) is 9.84. The number of ether oxygens (including phenoxy) is 1.